The van der Waals surface area contributed by atoms with E-state index in [4.69, 9.17) is 5.73 Å². The molecule has 0 unspecified atom stereocenters. The van der Waals surface area contributed by atoms with Crippen molar-refractivity contribution < 1.29 is 0 Å². The van der Waals surface area contributed by atoms with Crippen molar-refractivity contribution in [2.24, 2.45) is 4.99 Å². The van der Waals surface area contributed by atoms with Crippen molar-refractivity contribution in [3.63, 3.8) is 0 Å². The van der Waals surface area contributed by atoms with Gasteiger partial charge >= 0.3 is 0 Å². The molecule has 0 spiro atoms. The SMILES string of the molecule is CC1=Nc2ccccc2C1=Cc1c(N)n2ncsc2nc1=O. The summed E-state index contributed by atoms with van der Waals surface area (Å²) in [5.41, 5.74) is 11.3. The van der Waals surface area contributed by atoms with E-state index in [0.717, 1.165) is 22.5 Å². The molecule has 7 heteroatoms. The molecule has 4 rings (SSSR count). The van der Waals surface area contributed by atoms with Gasteiger partial charge in [0.05, 0.1) is 11.3 Å². The second-order valence-corrected chi connectivity index (χ2v) is 5.73. The standard InChI is InChI=1S/C15H11N5OS/c1-8-10(9-4-2-3-5-12(9)18-8)6-11-13(16)20-15(19-14(11)21)22-7-17-20/h2-7H,16H2,1H3. The van der Waals surface area contributed by atoms with Gasteiger partial charge in [0.15, 0.2) is 0 Å². The predicted molar refractivity (Wildman–Crippen MR) is 88.6 cm³/mol. The van der Waals surface area contributed by atoms with E-state index in [1.54, 1.807) is 11.6 Å². The van der Waals surface area contributed by atoms with Crippen LogP contribution in [0.25, 0.3) is 16.6 Å². The first-order chi connectivity index (χ1) is 10.6. The highest BCUT2D eigenvalue weighted by molar-refractivity contribution is 7.14. The van der Waals surface area contributed by atoms with Crippen LogP contribution in [0.15, 0.2) is 39.6 Å². The molecule has 2 aromatic heterocycles. The van der Waals surface area contributed by atoms with Crippen LogP contribution < -0.4 is 11.3 Å². The van der Waals surface area contributed by atoms with Crippen molar-refractivity contribution in [2.45, 2.75) is 6.92 Å². The van der Waals surface area contributed by atoms with E-state index in [0.29, 0.717) is 16.3 Å². The predicted octanol–water partition coefficient (Wildman–Crippen LogP) is 2.38. The molecule has 0 fully saturated rings. The van der Waals surface area contributed by atoms with Gasteiger partial charge in [-0.3, -0.25) is 9.79 Å². The zero-order valence-corrected chi connectivity index (χ0v) is 12.5. The average Bonchev–Trinajstić information content (AvgIpc) is 3.08. The summed E-state index contributed by atoms with van der Waals surface area (Å²) < 4.78 is 1.48. The number of rotatable bonds is 1. The number of hydrogen-bond acceptors (Lipinski definition) is 6. The maximum Gasteiger partial charge on any atom is 0.283 e. The van der Waals surface area contributed by atoms with Crippen molar-refractivity contribution in [2.75, 3.05) is 5.73 Å². The van der Waals surface area contributed by atoms with Gasteiger partial charge in [-0.15, -0.1) is 0 Å². The first-order valence-electron chi connectivity index (χ1n) is 6.64. The van der Waals surface area contributed by atoms with Gasteiger partial charge in [0.1, 0.15) is 11.3 Å². The molecule has 0 saturated carbocycles. The zero-order valence-electron chi connectivity index (χ0n) is 11.6. The third-order valence-corrected chi connectivity index (χ3v) is 4.27. The fraction of sp³-hybridized carbons (Fsp3) is 0.0667. The Morgan fingerprint density at radius 3 is 3.00 bits per heavy atom. The zero-order chi connectivity index (χ0) is 15.3. The van der Waals surface area contributed by atoms with E-state index < -0.39 is 0 Å². The molecule has 108 valence electrons. The maximum atomic E-state index is 12.2. The van der Waals surface area contributed by atoms with Crippen LogP contribution in [0, 0.1) is 0 Å². The Kier molecular flexibility index (Phi) is 2.70. The molecule has 0 atom stereocenters. The Hall–Kier alpha value is -2.80. The number of anilines is 1. The molecule has 3 aromatic rings. The Bertz CT molecular complexity index is 1030. The number of hydrogen-bond donors (Lipinski definition) is 1. The van der Waals surface area contributed by atoms with Crippen molar-refractivity contribution in [3.8, 4) is 0 Å². The smallest absolute Gasteiger partial charge is 0.283 e. The lowest BCUT2D eigenvalue weighted by Gasteiger charge is -2.04. The Morgan fingerprint density at radius 2 is 2.14 bits per heavy atom. The van der Waals surface area contributed by atoms with Crippen LogP contribution in [0.1, 0.15) is 18.1 Å². The first kappa shape index (κ1) is 12.9. The van der Waals surface area contributed by atoms with Gasteiger partial charge in [0, 0.05) is 16.8 Å². The lowest BCUT2D eigenvalue weighted by Crippen LogP contribution is -2.17. The minimum atomic E-state index is -0.355. The maximum absolute atomic E-state index is 12.2. The Labute approximate surface area is 129 Å². The molecular weight excluding hydrogens is 298 g/mol. The van der Waals surface area contributed by atoms with Crippen LogP contribution in [0.4, 0.5) is 11.5 Å². The molecule has 0 bridgehead atoms. The van der Waals surface area contributed by atoms with Crippen molar-refractivity contribution in [1.82, 2.24) is 14.6 Å². The Morgan fingerprint density at radius 1 is 1.32 bits per heavy atom. The molecular formula is C15H11N5OS. The fourth-order valence-corrected chi connectivity index (χ4v) is 3.14. The highest BCUT2D eigenvalue weighted by Crippen LogP contribution is 2.35. The highest BCUT2D eigenvalue weighted by atomic mass is 32.1. The van der Waals surface area contributed by atoms with Gasteiger partial charge in [-0.25, -0.2) is 0 Å². The average molecular weight is 309 g/mol. The number of nitrogens with zero attached hydrogens (tertiary/aromatic N) is 4. The van der Waals surface area contributed by atoms with Gasteiger partial charge < -0.3 is 5.73 Å². The first-order valence-corrected chi connectivity index (χ1v) is 7.52. The molecule has 0 amide bonds. The van der Waals surface area contributed by atoms with Crippen molar-refractivity contribution in [3.05, 3.63) is 51.3 Å². The summed E-state index contributed by atoms with van der Waals surface area (Å²) >= 11 is 1.27. The van der Waals surface area contributed by atoms with Crippen molar-refractivity contribution >= 4 is 45.2 Å². The summed E-state index contributed by atoms with van der Waals surface area (Å²) in [7, 11) is 0. The quantitative estimate of drug-likeness (QED) is 0.748. The van der Waals surface area contributed by atoms with Gasteiger partial charge in [0.2, 0.25) is 4.96 Å². The van der Waals surface area contributed by atoms with Crippen LogP contribution in [0.5, 0.6) is 0 Å². The van der Waals surface area contributed by atoms with Crippen LogP contribution >= 0.6 is 11.3 Å². The van der Waals surface area contributed by atoms with Gasteiger partial charge in [-0.2, -0.15) is 14.6 Å². The number of allylic oxidation sites excluding steroid dienone is 1. The number of aliphatic imine (C=N–C) groups is 1. The Balaban J connectivity index is 1.98. The van der Waals surface area contributed by atoms with E-state index >= 15 is 0 Å². The van der Waals surface area contributed by atoms with Crippen LogP contribution in [-0.2, 0) is 0 Å². The summed E-state index contributed by atoms with van der Waals surface area (Å²) in [6.07, 6.45) is 1.75. The molecule has 0 aliphatic carbocycles. The van der Waals surface area contributed by atoms with Crippen LogP contribution in [-0.4, -0.2) is 20.3 Å². The summed E-state index contributed by atoms with van der Waals surface area (Å²) in [5.74, 6) is 0.293. The summed E-state index contributed by atoms with van der Waals surface area (Å²) in [5, 5.41) is 4.11. The molecule has 0 radical (unpaired) electrons. The lowest BCUT2D eigenvalue weighted by atomic mass is 10.0. The number of para-hydroxylation sites is 1. The third kappa shape index (κ3) is 1.79. The molecule has 0 saturated heterocycles. The number of nitrogens with two attached hydrogens (primary N) is 1. The monoisotopic (exact) mass is 309 g/mol. The summed E-state index contributed by atoms with van der Waals surface area (Å²) in [6, 6.07) is 7.80. The topological polar surface area (TPSA) is 85.6 Å². The van der Waals surface area contributed by atoms with Crippen LogP contribution in [0.2, 0.25) is 0 Å². The third-order valence-electron chi connectivity index (χ3n) is 3.59. The van der Waals surface area contributed by atoms with E-state index in [-0.39, 0.29) is 5.56 Å². The number of fused-ring (bicyclic) bond motifs is 2. The number of benzene rings is 1. The second-order valence-electron chi connectivity index (χ2n) is 4.92. The largest absolute Gasteiger partial charge is 0.383 e. The van der Waals surface area contributed by atoms with E-state index in [1.165, 1.54) is 15.9 Å². The van der Waals surface area contributed by atoms with Gasteiger partial charge in [-0.1, -0.05) is 29.5 Å². The van der Waals surface area contributed by atoms with E-state index in [9.17, 15) is 4.79 Å². The lowest BCUT2D eigenvalue weighted by molar-refractivity contribution is 0.941. The highest BCUT2D eigenvalue weighted by Gasteiger charge is 2.19. The number of nitrogen functional groups attached to an aromatic ring is 1. The van der Waals surface area contributed by atoms with Gasteiger partial charge in [-0.05, 0) is 19.1 Å². The molecule has 1 aliphatic heterocycles. The van der Waals surface area contributed by atoms with E-state index in [2.05, 4.69) is 15.1 Å². The fourth-order valence-electron chi connectivity index (χ4n) is 2.52. The van der Waals surface area contributed by atoms with Crippen LogP contribution in [0.3, 0.4) is 0 Å². The minimum Gasteiger partial charge on any atom is -0.383 e. The second kappa shape index (κ2) is 4.60. The normalized spacial score (nSPS) is 15.3. The number of aromatic nitrogens is 3. The molecule has 6 nitrogen and oxygen atoms in total. The summed E-state index contributed by atoms with van der Waals surface area (Å²) in [6.45, 7) is 1.91. The molecule has 2 N–H and O–H groups in total. The molecule has 22 heavy (non-hydrogen) atoms. The molecule has 3 heterocycles. The van der Waals surface area contributed by atoms with Crippen molar-refractivity contribution in [1.29, 1.82) is 0 Å². The van der Waals surface area contributed by atoms with E-state index in [1.807, 2.05) is 31.2 Å². The van der Waals surface area contributed by atoms with Gasteiger partial charge in [0.25, 0.3) is 5.56 Å². The summed E-state index contributed by atoms with van der Waals surface area (Å²) in [4.78, 5) is 21.3. The minimum absolute atomic E-state index is 0.293. The molecule has 1 aliphatic rings. The molecule has 1 aromatic carbocycles.